The Morgan fingerprint density at radius 3 is 2.61 bits per heavy atom. The van der Waals surface area contributed by atoms with Crippen molar-refractivity contribution in [3.63, 3.8) is 0 Å². The Morgan fingerprint density at radius 2 is 1.95 bits per heavy atom. The SMILES string of the molecule is CCOc1cc(C)c(-c2nc3ccccc3c(=O)n2N=Cc2cc(Cl)cc([N+](=O)[O-])c2OCC(N)=O)cc1C(C)C. The molecule has 0 aliphatic rings. The van der Waals surface area contributed by atoms with Crippen molar-refractivity contribution in [2.75, 3.05) is 13.2 Å². The molecule has 4 aromatic rings. The average Bonchev–Trinajstić information content (AvgIpc) is 2.91. The zero-order valence-corrected chi connectivity index (χ0v) is 23.6. The lowest BCUT2D eigenvalue weighted by Crippen LogP contribution is -2.22. The first-order valence-corrected chi connectivity index (χ1v) is 13.1. The molecule has 1 aromatic heterocycles. The highest BCUT2D eigenvalue weighted by atomic mass is 35.5. The van der Waals surface area contributed by atoms with Gasteiger partial charge < -0.3 is 15.2 Å². The van der Waals surface area contributed by atoms with Gasteiger partial charge in [-0.05, 0) is 61.2 Å². The van der Waals surface area contributed by atoms with E-state index < -0.39 is 28.7 Å². The van der Waals surface area contributed by atoms with Crippen molar-refractivity contribution >= 4 is 40.3 Å². The first kappa shape index (κ1) is 29.2. The summed E-state index contributed by atoms with van der Waals surface area (Å²) in [6.45, 7) is 7.74. The van der Waals surface area contributed by atoms with Crippen LogP contribution in [-0.2, 0) is 4.79 Å². The Labute approximate surface area is 240 Å². The summed E-state index contributed by atoms with van der Waals surface area (Å²) in [5.74, 6) is -0.00380. The van der Waals surface area contributed by atoms with Crippen LogP contribution in [0.2, 0.25) is 5.02 Å². The highest BCUT2D eigenvalue weighted by Crippen LogP contribution is 2.35. The molecular formula is C29H28ClN5O6. The van der Waals surface area contributed by atoms with Gasteiger partial charge in [0.05, 0.1) is 28.6 Å². The van der Waals surface area contributed by atoms with Crippen LogP contribution in [0.15, 0.2) is 58.4 Å². The van der Waals surface area contributed by atoms with Gasteiger partial charge in [0.25, 0.3) is 11.5 Å². The van der Waals surface area contributed by atoms with Crippen molar-refractivity contribution in [2.45, 2.75) is 33.6 Å². The highest BCUT2D eigenvalue weighted by Gasteiger charge is 2.22. The van der Waals surface area contributed by atoms with Gasteiger partial charge in [-0.1, -0.05) is 37.6 Å². The van der Waals surface area contributed by atoms with Crippen molar-refractivity contribution in [1.82, 2.24) is 9.66 Å². The molecule has 1 amide bonds. The Kier molecular flexibility index (Phi) is 8.68. The number of aryl methyl sites for hydroxylation is 1. The number of rotatable bonds is 10. The minimum Gasteiger partial charge on any atom is -0.494 e. The van der Waals surface area contributed by atoms with Gasteiger partial charge in [-0.25, -0.2) is 4.98 Å². The van der Waals surface area contributed by atoms with Crippen LogP contribution >= 0.6 is 11.6 Å². The number of hydrogen-bond donors (Lipinski definition) is 1. The molecule has 0 saturated carbocycles. The summed E-state index contributed by atoms with van der Waals surface area (Å²) < 4.78 is 12.4. The van der Waals surface area contributed by atoms with Gasteiger partial charge in [-0.2, -0.15) is 9.78 Å². The zero-order chi connectivity index (χ0) is 29.8. The van der Waals surface area contributed by atoms with Gasteiger partial charge in [-0.15, -0.1) is 0 Å². The second kappa shape index (κ2) is 12.2. The third-order valence-corrected chi connectivity index (χ3v) is 6.42. The van der Waals surface area contributed by atoms with E-state index in [-0.39, 0.29) is 28.1 Å². The molecule has 0 spiro atoms. The zero-order valence-electron chi connectivity index (χ0n) is 22.9. The number of primary amides is 1. The largest absolute Gasteiger partial charge is 0.494 e. The number of benzene rings is 3. The molecule has 0 saturated heterocycles. The van der Waals surface area contributed by atoms with E-state index in [1.807, 2.05) is 39.8 Å². The predicted octanol–water partition coefficient (Wildman–Crippen LogP) is 5.20. The summed E-state index contributed by atoms with van der Waals surface area (Å²) in [7, 11) is 0. The standard InChI is InChI=1S/C29H28ClN5O6/c1-5-40-25-10-17(4)22(13-21(25)16(2)3)28-33-23-9-7-6-8-20(23)29(37)34(28)32-14-18-11-19(30)12-24(35(38)39)27(18)41-15-26(31)36/h6-14,16H,5,15H2,1-4H3,(H2,31,36). The Morgan fingerprint density at radius 1 is 1.22 bits per heavy atom. The molecule has 0 aliphatic carbocycles. The minimum atomic E-state index is -0.832. The second-order valence-electron chi connectivity index (χ2n) is 9.46. The van der Waals surface area contributed by atoms with Crippen molar-refractivity contribution < 1.29 is 19.2 Å². The minimum absolute atomic E-state index is 0.0257. The van der Waals surface area contributed by atoms with Crippen LogP contribution in [0, 0.1) is 17.0 Å². The van der Waals surface area contributed by atoms with Crippen LogP contribution in [0.25, 0.3) is 22.3 Å². The molecule has 3 aromatic carbocycles. The van der Waals surface area contributed by atoms with Crippen molar-refractivity contribution in [1.29, 1.82) is 0 Å². The van der Waals surface area contributed by atoms with Gasteiger partial charge in [0.15, 0.2) is 12.4 Å². The molecule has 0 aliphatic heterocycles. The van der Waals surface area contributed by atoms with Gasteiger partial charge in [-0.3, -0.25) is 19.7 Å². The van der Waals surface area contributed by atoms with Gasteiger partial charge in [0.2, 0.25) is 5.75 Å². The van der Waals surface area contributed by atoms with E-state index in [1.165, 1.54) is 12.3 Å². The van der Waals surface area contributed by atoms with E-state index in [2.05, 4.69) is 5.10 Å². The lowest BCUT2D eigenvalue weighted by atomic mass is 9.96. The molecule has 1 heterocycles. The third kappa shape index (κ3) is 6.20. The number of carbonyl (C=O) groups is 1. The maximum Gasteiger partial charge on any atom is 0.313 e. The number of fused-ring (bicyclic) bond motifs is 1. The molecule has 12 heteroatoms. The first-order valence-electron chi connectivity index (χ1n) is 12.7. The summed E-state index contributed by atoms with van der Waals surface area (Å²) in [6.07, 6.45) is 1.20. The van der Waals surface area contributed by atoms with Crippen molar-refractivity contribution in [3.8, 4) is 22.9 Å². The average molecular weight is 578 g/mol. The lowest BCUT2D eigenvalue weighted by Gasteiger charge is -2.18. The van der Waals surface area contributed by atoms with Crippen LogP contribution in [0.5, 0.6) is 11.5 Å². The van der Waals surface area contributed by atoms with Gasteiger partial charge in [0, 0.05) is 22.2 Å². The molecule has 0 bridgehead atoms. The van der Waals surface area contributed by atoms with Crippen LogP contribution in [0.4, 0.5) is 5.69 Å². The molecule has 11 nitrogen and oxygen atoms in total. The van der Waals surface area contributed by atoms with E-state index >= 15 is 0 Å². The van der Waals surface area contributed by atoms with E-state index in [1.54, 1.807) is 24.3 Å². The Balaban J connectivity index is 1.99. The number of aromatic nitrogens is 2. The molecule has 0 unspecified atom stereocenters. The lowest BCUT2D eigenvalue weighted by molar-refractivity contribution is -0.385. The highest BCUT2D eigenvalue weighted by molar-refractivity contribution is 6.31. The predicted molar refractivity (Wildman–Crippen MR) is 157 cm³/mol. The number of nitro benzene ring substituents is 1. The second-order valence-corrected chi connectivity index (χ2v) is 9.90. The van der Waals surface area contributed by atoms with Crippen LogP contribution in [-0.4, -0.2) is 39.9 Å². The molecule has 0 radical (unpaired) electrons. The van der Waals surface area contributed by atoms with Crippen LogP contribution < -0.4 is 20.8 Å². The number of halogens is 1. The number of para-hydroxylation sites is 1. The molecule has 2 N–H and O–H groups in total. The number of nitrogens with zero attached hydrogens (tertiary/aromatic N) is 4. The van der Waals surface area contributed by atoms with E-state index in [4.69, 9.17) is 31.8 Å². The molecule has 4 rings (SSSR count). The van der Waals surface area contributed by atoms with Crippen molar-refractivity contribution in [2.24, 2.45) is 10.8 Å². The molecular weight excluding hydrogens is 550 g/mol. The molecule has 0 atom stereocenters. The third-order valence-electron chi connectivity index (χ3n) is 6.20. The Bertz CT molecular complexity index is 1750. The fraction of sp³-hybridized carbons (Fsp3) is 0.241. The topological polar surface area (TPSA) is 152 Å². The van der Waals surface area contributed by atoms with Crippen molar-refractivity contribution in [3.05, 3.63) is 90.7 Å². The summed E-state index contributed by atoms with van der Waals surface area (Å²) in [5.41, 5.74) is 7.15. The monoisotopic (exact) mass is 577 g/mol. The summed E-state index contributed by atoms with van der Waals surface area (Å²) >= 11 is 6.15. The van der Waals surface area contributed by atoms with E-state index in [0.29, 0.717) is 23.1 Å². The molecule has 0 fully saturated rings. The number of nitro groups is 1. The molecule has 212 valence electrons. The fourth-order valence-corrected chi connectivity index (χ4v) is 4.55. The summed E-state index contributed by atoms with van der Waals surface area (Å²) in [6, 6.07) is 13.2. The first-order chi connectivity index (χ1) is 19.5. The maximum atomic E-state index is 13.7. The summed E-state index contributed by atoms with van der Waals surface area (Å²) in [5, 5.41) is 16.5. The van der Waals surface area contributed by atoms with E-state index in [9.17, 15) is 19.7 Å². The number of amides is 1. The number of ether oxygens (including phenoxy) is 2. The Hall–Kier alpha value is -4.77. The van der Waals surface area contributed by atoms with Gasteiger partial charge in [0.1, 0.15) is 5.75 Å². The van der Waals surface area contributed by atoms with Crippen LogP contribution in [0.1, 0.15) is 43.4 Å². The summed E-state index contributed by atoms with van der Waals surface area (Å²) in [4.78, 5) is 40.9. The number of carbonyl (C=O) groups excluding carboxylic acids is 1. The molecule has 41 heavy (non-hydrogen) atoms. The van der Waals surface area contributed by atoms with E-state index in [0.717, 1.165) is 27.6 Å². The maximum absolute atomic E-state index is 13.7. The van der Waals surface area contributed by atoms with Crippen LogP contribution in [0.3, 0.4) is 0 Å². The number of hydrogen-bond acceptors (Lipinski definition) is 8. The quantitative estimate of drug-likeness (QED) is 0.154. The van der Waals surface area contributed by atoms with Gasteiger partial charge >= 0.3 is 5.69 Å². The normalized spacial score (nSPS) is 11.4. The fourth-order valence-electron chi connectivity index (χ4n) is 4.33. The smallest absolute Gasteiger partial charge is 0.313 e. The number of nitrogens with two attached hydrogens (primary N) is 1.